The molecule has 3 aromatic carbocycles. The molecular weight excluding hydrogens is 428 g/mol. The summed E-state index contributed by atoms with van der Waals surface area (Å²) in [6.45, 7) is 0. The lowest BCUT2D eigenvalue weighted by molar-refractivity contribution is 0.0942. The third-order valence-electron chi connectivity index (χ3n) is 5.23. The number of carbonyl (C=O) groups excluding carboxylic acids is 1. The molecule has 162 valence electrons. The quantitative estimate of drug-likeness (QED) is 0.427. The number of rotatable bonds is 6. The Morgan fingerprint density at radius 1 is 1.00 bits per heavy atom. The Bertz CT molecular complexity index is 1260. The number of aromatic nitrogens is 1. The molecule has 6 nitrogen and oxygen atoms in total. The van der Waals surface area contributed by atoms with Crippen molar-refractivity contribution in [2.45, 2.75) is 6.04 Å². The standard InChI is InChI=1S/C25H21ClN2O4/c1-31-17-9-5-15(6-10-17)22(28-25(30)16-7-11-18(32-2)12-8-16)20-14-21(26)19-4-3-13-27-23(19)24(20)29/h3-14,22,29H,1-2H3,(H,28,30)/t22-/m0/s1. The van der Waals surface area contributed by atoms with Crippen LogP contribution in [0.2, 0.25) is 5.02 Å². The summed E-state index contributed by atoms with van der Waals surface area (Å²) in [5.41, 5.74) is 2.00. The van der Waals surface area contributed by atoms with Gasteiger partial charge in [-0.2, -0.15) is 0 Å². The maximum Gasteiger partial charge on any atom is 0.252 e. The van der Waals surface area contributed by atoms with Crippen LogP contribution in [0.4, 0.5) is 0 Å². The zero-order chi connectivity index (χ0) is 22.7. The van der Waals surface area contributed by atoms with Gasteiger partial charge in [0, 0.05) is 22.7 Å². The van der Waals surface area contributed by atoms with Gasteiger partial charge in [0.2, 0.25) is 0 Å². The minimum absolute atomic E-state index is 0.0409. The topological polar surface area (TPSA) is 80.7 Å². The molecular formula is C25H21ClN2O4. The highest BCUT2D eigenvalue weighted by molar-refractivity contribution is 6.35. The maximum atomic E-state index is 13.1. The van der Waals surface area contributed by atoms with Crippen LogP contribution in [0.25, 0.3) is 10.9 Å². The zero-order valence-electron chi connectivity index (χ0n) is 17.5. The molecule has 1 amide bonds. The fourth-order valence-corrected chi connectivity index (χ4v) is 3.79. The van der Waals surface area contributed by atoms with E-state index in [0.29, 0.717) is 38.6 Å². The molecule has 0 unspecified atom stereocenters. The molecule has 4 rings (SSSR count). The number of nitrogens with zero attached hydrogens (tertiary/aromatic N) is 1. The SMILES string of the molecule is COc1ccc(C(=O)N[C@@H](c2ccc(OC)cc2)c2cc(Cl)c3cccnc3c2O)cc1. The monoisotopic (exact) mass is 448 g/mol. The van der Waals surface area contributed by atoms with Gasteiger partial charge < -0.3 is 19.9 Å². The van der Waals surface area contributed by atoms with Crippen molar-refractivity contribution in [1.82, 2.24) is 10.3 Å². The van der Waals surface area contributed by atoms with Gasteiger partial charge in [-0.3, -0.25) is 9.78 Å². The number of amides is 1. The Kier molecular flexibility index (Phi) is 6.14. The number of benzene rings is 3. The number of ether oxygens (including phenoxy) is 2. The van der Waals surface area contributed by atoms with Gasteiger partial charge in [-0.1, -0.05) is 23.7 Å². The first kappa shape index (κ1) is 21.5. The summed E-state index contributed by atoms with van der Waals surface area (Å²) in [6, 6.07) is 18.5. The Morgan fingerprint density at radius 2 is 1.62 bits per heavy atom. The summed E-state index contributed by atoms with van der Waals surface area (Å²) >= 11 is 6.50. The second kappa shape index (κ2) is 9.16. The summed E-state index contributed by atoms with van der Waals surface area (Å²) < 4.78 is 10.4. The van der Waals surface area contributed by atoms with Crippen molar-refractivity contribution in [2.75, 3.05) is 14.2 Å². The molecule has 0 saturated carbocycles. The van der Waals surface area contributed by atoms with E-state index in [2.05, 4.69) is 10.3 Å². The Labute approximate surface area is 190 Å². The molecule has 1 heterocycles. The molecule has 1 atom stereocenters. The van der Waals surface area contributed by atoms with Crippen LogP contribution >= 0.6 is 11.6 Å². The summed E-state index contributed by atoms with van der Waals surface area (Å²) in [6.07, 6.45) is 1.58. The molecule has 7 heteroatoms. The predicted molar refractivity (Wildman–Crippen MR) is 124 cm³/mol. The van der Waals surface area contributed by atoms with Crippen LogP contribution in [0.3, 0.4) is 0 Å². The molecule has 0 radical (unpaired) electrons. The van der Waals surface area contributed by atoms with Crippen molar-refractivity contribution in [1.29, 1.82) is 0 Å². The molecule has 2 N–H and O–H groups in total. The van der Waals surface area contributed by atoms with Crippen LogP contribution in [0.1, 0.15) is 27.5 Å². The lowest BCUT2D eigenvalue weighted by Crippen LogP contribution is -2.29. The lowest BCUT2D eigenvalue weighted by Gasteiger charge is -2.22. The van der Waals surface area contributed by atoms with Crippen LogP contribution in [0.5, 0.6) is 17.2 Å². The number of carbonyl (C=O) groups is 1. The van der Waals surface area contributed by atoms with Crippen LogP contribution in [-0.4, -0.2) is 30.2 Å². The van der Waals surface area contributed by atoms with Gasteiger partial charge in [-0.15, -0.1) is 0 Å². The number of fused-ring (bicyclic) bond motifs is 1. The fourth-order valence-electron chi connectivity index (χ4n) is 3.52. The van der Waals surface area contributed by atoms with Gasteiger partial charge in [-0.05, 0) is 60.2 Å². The smallest absolute Gasteiger partial charge is 0.252 e. The second-order valence-corrected chi connectivity index (χ2v) is 7.51. The highest BCUT2D eigenvalue weighted by atomic mass is 35.5. The lowest BCUT2D eigenvalue weighted by atomic mass is 9.95. The van der Waals surface area contributed by atoms with Gasteiger partial charge in [0.05, 0.1) is 25.3 Å². The Morgan fingerprint density at radius 3 is 2.25 bits per heavy atom. The van der Waals surface area contributed by atoms with E-state index in [0.717, 1.165) is 5.56 Å². The van der Waals surface area contributed by atoms with Gasteiger partial charge >= 0.3 is 0 Å². The van der Waals surface area contributed by atoms with Crippen LogP contribution < -0.4 is 14.8 Å². The Balaban J connectivity index is 1.79. The van der Waals surface area contributed by atoms with E-state index in [1.807, 2.05) is 12.1 Å². The number of nitrogens with one attached hydrogen (secondary N) is 1. The maximum absolute atomic E-state index is 13.1. The number of hydrogen-bond donors (Lipinski definition) is 2. The first-order valence-electron chi connectivity index (χ1n) is 9.86. The molecule has 0 fully saturated rings. The summed E-state index contributed by atoms with van der Waals surface area (Å²) in [5, 5.41) is 15.1. The van der Waals surface area contributed by atoms with Gasteiger partial charge in [-0.25, -0.2) is 0 Å². The fraction of sp³-hybridized carbons (Fsp3) is 0.120. The summed E-state index contributed by atoms with van der Waals surface area (Å²) in [7, 11) is 3.15. The minimum Gasteiger partial charge on any atom is -0.505 e. The molecule has 0 saturated heterocycles. The van der Waals surface area contributed by atoms with Crippen LogP contribution in [0, 0.1) is 0 Å². The average Bonchev–Trinajstić information content (AvgIpc) is 2.85. The van der Waals surface area contributed by atoms with E-state index >= 15 is 0 Å². The van der Waals surface area contributed by atoms with Crippen molar-refractivity contribution in [3.63, 3.8) is 0 Å². The highest BCUT2D eigenvalue weighted by Crippen LogP contribution is 2.38. The van der Waals surface area contributed by atoms with E-state index in [1.165, 1.54) is 0 Å². The molecule has 4 aromatic rings. The molecule has 0 aliphatic carbocycles. The van der Waals surface area contributed by atoms with E-state index in [-0.39, 0.29) is 11.7 Å². The van der Waals surface area contributed by atoms with Crippen molar-refractivity contribution >= 4 is 28.4 Å². The van der Waals surface area contributed by atoms with Crippen molar-refractivity contribution < 1.29 is 19.4 Å². The third kappa shape index (κ3) is 4.18. The number of hydrogen-bond acceptors (Lipinski definition) is 5. The largest absolute Gasteiger partial charge is 0.505 e. The number of phenols is 1. The van der Waals surface area contributed by atoms with Crippen LogP contribution in [-0.2, 0) is 0 Å². The third-order valence-corrected chi connectivity index (χ3v) is 5.55. The van der Waals surface area contributed by atoms with Gasteiger partial charge in [0.1, 0.15) is 22.8 Å². The minimum atomic E-state index is -0.681. The van der Waals surface area contributed by atoms with Crippen molar-refractivity contribution in [3.05, 3.63) is 94.6 Å². The van der Waals surface area contributed by atoms with Crippen molar-refractivity contribution in [2.24, 2.45) is 0 Å². The van der Waals surface area contributed by atoms with Gasteiger partial charge in [0.15, 0.2) is 0 Å². The molecule has 0 bridgehead atoms. The first-order valence-corrected chi connectivity index (χ1v) is 10.2. The predicted octanol–water partition coefficient (Wildman–Crippen LogP) is 5.13. The summed E-state index contributed by atoms with van der Waals surface area (Å²) in [4.78, 5) is 17.4. The Hall–Kier alpha value is -3.77. The average molecular weight is 449 g/mol. The van der Waals surface area contributed by atoms with E-state index in [4.69, 9.17) is 21.1 Å². The second-order valence-electron chi connectivity index (χ2n) is 7.10. The molecule has 0 aliphatic heterocycles. The molecule has 32 heavy (non-hydrogen) atoms. The first-order chi connectivity index (χ1) is 15.5. The zero-order valence-corrected chi connectivity index (χ0v) is 18.3. The molecule has 0 spiro atoms. The van der Waals surface area contributed by atoms with E-state index < -0.39 is 6.04 Å². The summed E-state index contributed by atoms with van der Waals surface area (Å²) in [5.74, 6) is 0.973. The van der Waals surface area contributed by atoms with E-state index in [9.17, 15) is 9.90 Å². The molecule has 1 aromatic heterocycles. The highest BCUT2D eigenvalue weighted by Gasteiger charge is 2.24. The number of methoxy groups -OCH3 is 2. The number of aromatic hydroxyl groups is 1. The normalized spacial score (nSPS) is 11.7. The van der Waals surface area contributed by atoms with E-state index in [1.54, 1.807) is 75.0 Å². The van der Waals surface area contributed by atoms with Crippen LogP contribution in [0.15, 0.2) is 72.9 Å². The number of pyridine rings is 1. The van der Waals surface area contributed by atoms with Crippen molar-refractivity contribution in [3.8, 4) is 17.2 Å². The number of halogens is 1. The number of phenolic OH excluding ortho intramolecular Hbond substituents is 1. The molecule has 0 aliphatic rings. The van der Waals surface area contributed by atoms with Gasteiger partial charge in [0.25, 0.3) is 5.91 Å².